The van der Waals surface area contributed by atoms with Crippen molar-refractivity contribution in [3.63, 3.8) is 0 Å². The van der Waals surface area contributed by atoms with E-state index in [1.165, 1.54) is 4.90 Å². The topological polar surface area (TPSA) is 108 Å². The maximum absolute atomic E-state index is 13.3. The predicted molar refractivity (Wildman–Crippen MR) is 101 cm³/mol. The number of rotatable bonds is 5. The average Bonchev–Trinajstić information content (AvgIpc) is 3.23. The second-order valence-electron chi connectivity index (χ2n) is 7.54. The smallest absolute Gasteiger partial charge is 0.250 e. The third kappa shape index (κ3) is 2.52. The van der Waals surface area contributed by atoms with Gasteiger partial charge >= 0.3 is 0 Å². The molecule has 3 aliphatic rings. The van der Waals surface area contributed by atoms with E-state index in [4.69, 9.17) is 16.3 Å². The van der Waals surface area contributed by atoms with E-state index >= 15 is 0 Å². The molecule has 150 valence electrons. The number of nitrogens with one attached hydrogen (secondary N) is 2. The van der Waals surface area contributed by atoms with Crippen molar-refractivity contribution in [2.75, 3.05) is 25.6 Å². The minimum atomic E-state index is -1.44. The van der Waals surface area contributed by atoms with Gasteiger partial charge in [-0.2, -0.15) is 0 Å². The molecule has 3 amide bonds. The largest absolute Gasteiger partial charge is 0.392 e. The summed E-state index contributed by atoms with van der Waals surface area (Å²) in [7, 11) is 1.55. The van der Waals surface area contributed by atoms with E-state index in [1.54, 1.807) is 32.2 Å². The second kappa shape index (κ2) is 6.81. The molecule has 1 spiro atoms. The number of aliphatic hydroxyl groups is 1. The highest BCUT2D eigenvalue weighted by molar-refractivity contribution is 6.31. The maximum Gasteiger partial charge on any atom is 0.250 e. The molecule has 0 bridgehead atoms. The van der Waals surface area contributed by atoms with Gasteiger partial charge in [0.1, 0.15) is 5.54 Å². The van der Waals surface area contributed by atoms with Gasteiger partial charge in [-0.25, -0.2) is 0 Å². The molecule has 0 radical (unpaired) electrons. The van der Waals surface area contributed by atoms with E-state index < -0.39 is 41.3 Å². The fraction of sp³-hybridized carbons (Fsp3) is 0.526. The molecule has 5 atom stereocenters. The van der Waals surface area contributed by atoms with E-state index in [9.17, 15) is 19.5 Å². The van der Waals surface area contributed by atoms with Gasteiger partial charge in [0.25, 0.3) is 0 Å². The number of carbonyl (C=O) groups excluding carboxylic acids is 3. The lowest BCUT2D eigenvalue weighted by atomic mass is 9.76. The molecule has 3 N–H and O–H groups in total. The molecule has 3 aliphatic heterocycles. The molecular formula is C19H22ClN3O5. The number of amides is 3. The summed E-state index contributed by atoms with van der Waals surface area (Å²) < 4.78 is 5.02. The van der Waals surface area contributed by atoms with Crippen LogP contribution in [0.25, 0.3) is 0 Å². The molecule has 1 aromatic rings. The van der Waals surface area contributed by atoms with Crippen molar-refractivity contribution in [3.8, 4) is 0 Å². The summed E-state index contributed by atoms with van der Waals surface area (Å²) >= 11 is 6.16. The van der Waals surface area contributed by atoms with Crippen LogP contribution in [0.4, 0.5) is 5.69 Å². The Morgan fingerprint density at radius 2 is 2.07 bits per heavy atom. The molecule has 8 nitrogen and oxygen atoms in total. The molecule has 4 rings (SSSR count). The highest BCUT2D eigenvalue weighted by Gasteiger charge is 2.71. The van der Waals surface area contributed by atoms with Gasteiger partial charge in [0.2, 0.25) is 17.7 Å². The van der Waals surface area contributed by atoms with Crippen LogP contribution in [0, 0.1) is 11.8 Å². The van der Waals surface area contributed by atoms with Gasteiger partial charge in [0.15, 0.2) is 0 Å². The monoisotopic (exact) mass is 407 g/mol. The third-order valence-corrected chi connectivity index (χ3v) is 6.19. The van der Waals surface area contributed by atoms with Crippen LogP contribution in [-0.2, 0) is 24.7 Å². The van der Waals surface area contributed by atoms with Crippen LogP contribution in [0.1, 0.15) is 18.9 Å². The summed E-state index contributed by atoms with van der Waals surface area (Å²) in [5.74, 6) is -2.97. The summed E-state index contributed by atoms with van der Waals surface area (Å²) in [6.07, 6.45) is -0.430. The number of halogens is 1. The SMILES string of the molecule is COCCCN1C(=O)C2C(C(C)O)NC3(C(=O)Nc4ccc(Cl)cc43)C2C1=O. The Morgan fingerprint density at radius 1 is 1.32 bits per heavy atom. The van der Waals surface area contributed by atoms with Crippen molar-refractivity contribution in [2.45, 2.75) is 31.0 Å². The standard InChI is InChI=1S/C19H22ClN3O5/c1-9(24)15-13-14(17(26)23(16(13)25)6-3-7-28-2)19(22-15)11-8-10(20)4-5-12(11)21-18(19)27/h4-5,8-9,13-15,22,24H,3,6-7H2,1-2H3,(H,21,27). The molecule has 9 heteroatoms. The lowest BCUT2D eigenvalue weighted by molar-refractivity contribution is -0.143. The number of benzene rings is 1. The van der Waals surface area contributed by atoms with Crippen molar-refractivity contribution in [3.05, 3.63) is 28.8 Å². The number of likely N-dealkylation sites (tertiary alicyclic amines) is 1. The second-order valence-corrected chi connectivity index (χ2v) is 7.98. The Balaban J connectivity index is 1.81. The Bertz CT molecular complexity index is 860. The van der Waals surface area contributed by atoms with Gasteiger partial charge in [-0.15, -0.1) is 0 Å². The zero-order chi connectivity index (χ0) is 20.2. The van der Waals surface area contributed by atoms with Gasteiger partial charge in [0.05, 0.1) is 17.9 Å². The van der Waals surface area contributed by atoms with E-state index in [-0.39, 0.29) is 12.5 Å². The number of hydrogen-bond donors (Lipinski definition) is 3. The van der Waals surface area contributed by atoms with Crippen LogP contribution in [0.2, 0.25) is 5.02 Å². The molecule has 0 aliphatic carbocycles. The first-order valence-corrected chi connectivity index (χ1v) is 9.62. The Morgan fingerprint density at radius 3 is 2.75 bits per heavy atom. The van der Waals surface area contributed by atoms with Crippen molar-refractivity contribution in [2.24, 2.45) is 11.8 Å². The van der Waals surface area contributed by atoms with Crippen LogP contribution in [0.15, 0.2) is 18.2 Å². The highest BCUT2D eigenvalue weighted by atomic mass is 35.5. The number of imide groups is 1. The number of anilines is 1. The van der Waals surface area contributed by atoms with Gasteiger partial charge in [-0.1, -0.05) is 11.6 Å². The maximum atomic E-state index is 13.3. The normalized spacial score (nSPS) is 32.1. The molecular weight excluding hydrogens is 386 g/mol. The first-order chi connectivity index (χ1) is 13.3. The van der Waals surface area contributed by atoms with Crippen LogP contribution >= 0.6 is 11.6 Å². The molecule has 1 aromatic carbocycles. The summed E-state index contributed by atoms with van der Waals surface area (Å²) in [6.45, 7) is 2.17. The summed E-state index contributed by atoms with van der Waals surface area (Å²) in [5.41, 5.74) is -0.358. The number of nitrogens with zero attached hydrogens (tertiary/aromatic N) is 1. The summed E-state index contributed by atoms with van der Waals surface area (Å²) in [4.78, 5) is 40.7. The Labute approximate surface area is 167 Å². The minimum Gasteiger partial charge on any atom is -0.392 e. The van der Waals surface area contributed by atoms with Crippen molar-refractivity contribution < 1.29 is 24.2 Å². The fourth-order valence-electron chi connectivity index (χ4n) is 4.77. The van der Waals surface area contributed by atoms with E-state index in [2.05, 4.69) is 10.6 Å². The molecule has 2 saturated heterocycles. The van der Waals surface area contributed by atoms with Crippen LogP contribution in [0.5, 0.6) is 0 Å². The van der Waals surface area contributed by atoms with Crippen molar-refractivity contribution in [1.82, 2.24) is 10.2 Å². The average molecular weight is 408 g/mol. The minimum absolute atomic E-state index is 0.213. The highest BCUT2D eigenvalue weighted by Crippen LogP contribution is 2.53. The van der Waals surface area contributed by atoms with Crippen LogP contribution in [-0.4, -0.2) is 60.1 Å². The number of aliphatic hydroxyl groups excluding tert-OH is 1. The number of fused-ring (bicyclic) bond motifs is 4. The number of hydrogen-bond acceptors (Lipinski definition) is 6. The zero-order valence-electron chi connectivity index (χ0n) is 15.6. The number of carbonyl (C=O) groups is 3. The predicted octanol–water partition coefficient (Wildman–Crippen LogP) is 0.478. The lowest BCUT2D eigenvalue weighted by Crippen LogP contribution is -2.54. The first-order valence-electron chi connectivity index (χ1n) is 9.24. The quantitative estimate of drug-likeness (QED) is 0.484. The Hall–Kier alpha value is -2.00. The van der Waals surface area contributed by atoms with Crippen molar-refractivity contribution >= 4 is 35.0 Å². The third-order valence-electron chi connectivity index (χ3n) is 5.95. The number of ether oxygens (including phenoxy) is 1. The fourth-order valence-corrected chi connectivity index (χ4v) is 4.94. The zero-order valence-corrected chi connectivity index (χ0v) is 16.3. The summed E-state index contributed by atoms with van der Waals surface area (Å²) in [6, 6.07) is 4.23. The summed E-state index contributed by atoms with van der Waals surface area (Å²) in [5, 5.41) is 16.7. The van der Waals surface area contributed by atoms with E-state index in [0.717, 1.165) is 0 Å². The molecule has 3 heterocycles. The molecule has 28 heavy (non-hydrogen) atoms. The van der Waals surface area contributed by atoms with Gasteiger partial charge in [-0.05, 0) is 31.5 Å². The van der Waals surface area contributed by atoms with Gasteiger partial charge in [0, 0.05) is 42.6 Å². The molecule has 2 fully saturated rings. The Kier molecular flexibility index (Phi) is 4.70. The molecule has 0 aromatic heterocycles. The van der Waals surface area contributed by atoms with Crippen LogP contribution in [0.3, 0.4) is 0 Å². The molecule has 5 unspecified atom stereocenters. The first kappa shape index (κ1) is 19.3. The van der Waals surface area contributed by atoms with E-state index in [1.807, 2.05) is 0 Å². The lowest BCUT2D eigenvalue weighted by Gasteiger charge is -2.30. The van der Waals surface area contributed by atoms with Gasteiger partial charge < -0.3 is 15.2 Å². The van der Waals surface area contributed by atoms with Crippen molar-refractivity contribution in [1.29, 1.82) is 0 Å². The molecule has 0 saturated carbocycles. The van der Waals surface area contributed by atoms with Crippen LogP contribution < -0.4 is 10.6 Å². The number of methoxy groups -OCH3 is 1. The van der Waals surface area contributed by atoms with E-state index in [0.29, 0.717) is 29.3 Å². The van der Waals surface area contributed by atoms with Gasteiger partial charge in [-0.3, -0.25) is 24.6 Å².